The third-order valence-electron chi connectivity index (χ3n) is 13.8. The Balaban J connectivity index is 0.000000309. The van der Waals surface area contributed by atoms with Gasteiger partial charge < -0.3 is 56.8 Å². The lowest BCUT2D eigenvalue weighted by Gasteiger charge is -2.46. The van der Waals surface area contributed by atoms with Gasteiger partial charge in [0.2, 0.25) is 14.7 Å². The molecular weight excluding hydrogens is 1440 g/mol. The van der Waals surface area contributed by atoms with Gasteiger partial charge in [0.15, 0.2) is 87.1 Å². The molecule has 530 valence electrons. The van der Waals surface area contributed by atoms with E-state index in [1.807, 2.05) is 54.6 Å². The Morgan fingerprint density at radius 2 is 0.443 bits per heavy atom. The summed E-state index contributed by atoms with van der Waals surface area (Å²) in [6.45, 7) is 8.60. The molecule has 7 aromatic rings. The smallest absolute Gasteiger partial charge is 0.208 e. The number of hydrogen-bond donors (Lipinski definition) is 0. The Morgan fingerprint density at radius 3 is 0.660 bits per heavy atom. The molecule has 7 rings (SSSR count). The average Bonchev–Trinajstić information content (AvgIpc) is 0.682. The third-order valence-corrected chi connectivity index (χ3v) is 17.6. The SMILES string of the molecule is COCCOCCOCCOc1ccccc1[S+](c1ccccc1OCCOCCOCCOC)c1ccccc1OCCOCCOCCOC.Fc1c(F)c(F)c([B-](c2c(F)c(F)c(F)c(F)c2Cl)(c2c(F)c(F)c(F)c(F)c2Cl)c2c(F)c(F)c(F)c(F)c2Cl)c(Cl)c1F. The second-order valence-electron chi connectivity index (χ2n) is 19.6. The number of rotatable bonds is 37. The van der Waals surface area contributed by atoms with Crippen LogP contribution in [0.1, 0.15) is 0 Å². The molecule has 34 heteroatoms. The molecule has 0 heterocycles. The van der Waals surface area contributed by atoms with Crippen molar-refractivity contribution in [2.45, 2.75) is 14.7 Å². The lowest BCUT2D eigenvalue weighted by atomic mass is 9.12. The number of ether oxygens (including phenoxy) is 12. The maximum absolute atomic E-state index is 15.8. The van der Waals surface area contributed by atoms with E-state index in [1.54, 1.807) is 21.3 Å². The van der Waals surface area contributed by atoms with E-state index >= 15 is 17.6 Å². The van der Waals surface area contributed by atoms with Crippen molar-refractivity contribution in [3.8, 4) is 17.2 Å². The normalized spacial score (nSPS) is 11.6. The van der Waals surface area contributed by atoms with Gasteiger partial charge in [0.05, 0.1) is 99.1 Å². The molecule has 0 spiro atoms. The highest BCUT2D eigenvalue weighted by molar-refractivity contribution is 7.97. The first-order chi connectivity index (χ1) is 46.5. The highest BCUT2D eigenvalue weighted by atomic mass is 35.5. The molecule has 0 fully saturated rings. The van der Waals surface area contributed by atoms with Gasteiger partial charge in [0, 0.05) is 41.4 Å². The number of hydrogen-bond acceptors (Lipinski definition) is 12. The fourth-order valence-corrected chi connectivity index (χ4v) is 13.1. The zero-order valence-electron chi connectivity index (χ0n) is 51.1. The van der Waals surface area contributed by atoms with Crippen molar-refractivity contribution in [3.63, 3.8) is 0 Å². The van der Waals surface area contributed by atoms with Crippen molar-refractivity contribution in [2.75, 3.05) is 140 Å². The van der Waals surface area contributed by atoms with E-state index in [1.165, 1.54) is 0 Å². The minimum Gasteiger partial charge on any atom is -0.486 e. The summed E-state index contributed by atoms with van der Waals surface area (Å²) in [7, 11) is 4.27. The van der Waals surface area contributed by atoms with Crippen LogP contribution in [-0.4, -0.2) is 146 Å². The summed E-state index contributed by atoms with van der Waals surface area (Å²) in [4.78, 5) is 2.98. The number of para-hydroxylation sites is 3. The molecule has 0 radical (unpaired) electrons. The van der Waals surface area contributed by atoms with Gasteiger partial charge in [-0.15, -0.1) is 21.9 Å². The topological polar surface area (TPSA) is 111 Å². The van der Waals surface area contributed by atoms with Crippen LogP contribution in [0.25, 0.3) is 0 Å². The molecule has 7 aromatic carbocycles. The van der Waals surface area contributed by atoms with Crippen LogP contribution >= 0.6 is 46.4 Å². The second-order valence-corrected chi connectivity index (χ2v) is 23.1. The molecule has 97 heavy (non-hydrogen) atoms. The Bertz CT molecular complexity index is 3230. The molecule has 0 amide bonds. The molecule has 0 unspecified atom stereocenters. The Morgan fingerprint density at radius 1 is 0.258 bits per heavy atom. The summed E-state index contributed by atoms with van der Waals surface area (Å²) in [6.07, 6.45) is -6.24. The first kappa shape index (κ1) is 80.0. The van der Waals surface area contributed by atoms with Crippen LogP contribution in [0.5, 0.6) is 17.2 Å². The number of benzene rings is 7. The minimum absolute atomic E-state index is 0.377. The van der Waals surface area contributed by atoms with Gasteiger partial charge in [0.25, 0.3) is 0 Å². The van der Waals surface area contributed by atoms with Crippen molar-refractivity contribution in [3.05, 3.63) is 186 Å². The van der Waals surface area contributed by atoms with Crippen molar-refractivity contribution in [2.24, 2.45) is 0 Å². The first-order valence-electron chi connectivity index (χ1n) is 28.6. The van der Waals surface area contributed by atoms with Gasteiger partial charge in [-0.1, -0.05) is 82.8 Å². The second kappa shape index (κ2) is 39.1. The largest absolute Gasteiger partial charge is 0.486 e. The molecule has 0 N–H and O–H groups in total. The highest BCUT2D eigenvalue weighted by Crippen LogP contribution is 2.44. The monoisotopic (exact) mass is 1490 g/mol. The summed E-state index contributed by atoms with van der Waals surface area (Å²) in [6, 6.07) is 24.2. The third kappa shape index (κ3) is 18.9. The van der Waals surface area contributed by atoms with Gasteiger partial charge in [0.1, 0.15) is 60.1 Å². The van der Waals surface area contributed by atoms with Gasteiger partial charge in [-0.3, -0.25) is 0 Å². The van der Waals surface area contributed by atoms with Crippen LogP contribution in [0.15, 0.2) is 87.5 Å². The van der Waals surface area contributed by atoms with Crippen molar-refractivity contribution >= 4 is 85.3 Å². The fourth-order valence-electron chi connectivity index (χ4n) is 9.47. The fraction of sp³-hybridized carbons (Fsp3) is 0.333. The van der Waals surface area contributed by atoms with Crippen LogP contribution in [0.3, 0.4) is 0 Å². The van der Waals surface area contributed by atoms with Gasteiger partial charge in [-0.2, -0.15) is 0 Å². The van der Waals surface area contributed by atoms with Crippen LogP contribution in [-0.2, 0) is 53.5 Å². The summed E-state index contributed by atoms with van der Waals surface area (Å²) >= 11 is 22.3. The van der Waals surface area contributed by atoms with E-state index < -0.39 is 152 Å². The molecule has 0 aliphatic heterocycles. The molecule has 0 bridgehead atoms. The summed E-state index contributed by atoms with van der Waals surface area (Å²) < 4.78 is 306. The molecule has 0 aliphatic rings. The van der Waals surface area contributed by atoms with Crippen molar-refractivity contribution in [1.29, 1.82) is 0 Å². The summed E-state index contributed by atoms with van der Waals surface area (Å²) in [5.41, 5.74) is -10.7. The van der Waals surface area contributed by atoms with Crippen molar-refractivity contribution in [1.82, 2.24) is 0 Å². The quantitative estimate of drug-likeness (QED) is 0.00923. The first-order valence-corrected chi connectivity index (χ1v) is 31.3. The number of halogens is 20. The molecule has 12 nitrogen and oxygen atoms in total. The standard InChI is InChI=1S/C39H57O12S.C24BCl4F16/c1-40-16-19-43-22-25-46-28-31-49-34-10-4-7-13-37(34)52(38-14-8-5-11-35(38)50-32-29-47-26-23-44-20-17-41-2)39-15-9-6-12-36(39)51-33-30-48-27-24-45-21-18-42-3;26-5-1(9(30)17(38)21(42)13(5)34)25(2-6(27)14(35)22(43)18(39)10(2)31,3-7(28)15(36)23(44)19(40)11(3)32)4-8(29)16(37)24(45)20(41)12(4)33/h4-15H,16-33H2,1-3H3;/q+1;-1. The molecule has 0 saturated heterocycles. The molecular formula is C63H57BCl4F16O12S. The Kier molecular flexibility index (Phi) is 32.3. The minimum atomic E-state index is -6.24. The maximum atomic E-state index is 15.8. The Hall–Kier alpha value is -5.97. The molecule has 0 atom stereocenters. The van der Waals surface area contributed by atoms with E-state index in [4.69, 9.17) is 103 Å². The van der Waals surface area contributed by atoms with Crippen LogP contribution < -0.4 is 36.1 Å². The van der Waals surface area contributed by atoms with E-state index in [2.05, 4.69) is 18.2 Å². The van der Waals surface area contributed by atoms with Gasteiger partial charge in [-0.25, -0.2) is 70.2 Å². The van der Waals surface area contributed by atoms with Gasteiger partial charge >= 0.3 is 0 Å². The van der Waals surface area contributed by atoms with E-state index in [0.29, 0.717) is 119 Å². The average molecular weight is 1490 g/mol. The Labute approximate surface area is 567 Å². The predicted octanol–water partition coefficient (Wildman–Crippen LogP) is 12.9. The highest BCUT2D eigenvalue weighted by Gasteiger charge is 2.51. The lowest BCUT2D eigenvalue weighted by molar-refractivity contribution is 0.0177. The predicted molar refractivity (Wildman–Crippen MR) is 328 cm³/mol. The zero-order valence-corrected chi connectivity index (χ0v) is 54.9. The zero-order chi connectivity index (χ0) is 71.1. The van der Waals surface area contributed by atoms with Crippen LogP contribution in [0, 0.1) is 93.1 Å². The van der Waals surface area contributed by atoms with E-state index in [-0.39, 0.29) is 0 Å². The maximum Gasteiger partial charge on any atom is 0.208 e. The van der Waals surface area contributed by atoms with Crippen molar-refractivity contribution < 1.29 is 127 Å². The summed E-state index contributed by atoms with van der Waals surface area (Å²) in [5.74, 6) is -46.0. The van der Waals surface area contributed by atoms with Gasteiger partial charge in [-0.05, 0) is 36.4 Å². The van der Waals surface area contributed by atoms with E-state index in [9.17, 15) is 52.7 Å². The summed E-state index contributed by atoms with van der Waals surface area (Å²) in [5, 5.41) is -9.69. The molecule has 0 aliphatic carbocycles. The number of methoxy groups -OCH3 is 3. The molecule has 0 aromatic heterocycles. The molecule has 0 saturated carbocycles. The van der Waals surface area contributed by atoms with Crippen LogP contribution in [0.4, 0.5) is 70.2 Å². The lowest BCUT2D eigenvalue weighted by Crippen LogP contribution is -2.79. The van der Waals surface area contributed by atoms with Crippen LogP contribution in [0.2, 0.25) is 20.1 Å². The van der Waals surface area contributed by atoms with E-state index in [0.717, 1.165) is 31.9 Å².